The molecule has 2 heterocycles. The van der Waals surface area contributed by atoms with Crippen molar-refractivity contribution in [3.05, 3.63) is 71.2 Å². The van der Waals surface area contributed by atoms with Crippen LogP contribution in [0, 0.1) is 12.7 Å². The van der Waals surface area contributed by atoms with E-state index in [4.69, 9.17) is 0 Å². The first-order valence-electron chi connectivity index (χ1n) is 9.62. The van der Waals surface area contributed by atoms with Crippen LogP contribution in [-0.4, -0.2) is 47.6 Å². The molecule has 2 atom stereocenters. The van der Waals surface area contributed by atoms with Crippen LogP contribution in [0.5, 0.6) is 0 Å². The number of rotatable bonds is 4. The fourth-order valence-corrected chi connectivity index (χ4v) is 4.56. The van der Waals surface area contributed by atoms with Gasteiger partial charge in [-0.2, -0.15) is 0 Å². The molecule has 0 N–H and O–H groups in total. The zero-order valence-corrected chi connectivity index (χ0v) is 16.6. The van der Waals surface area contributed by atoms with E-state index in [1.807, 2.05) is 19.1 Å². The van der Waals surface area contributed by atoms with Crippen LogP contribution in [0.4, 0.5) is 4.39 Å². The standard InChI is InChI=1S/C23H28FN3/c1-16-9-10-21(24)17(11-16)12-27-14-20(23(15-27)25(2)3)19-13-26(4)22-8-6-5-7-18(19)22/h5-11,13,20,23H,12,14-15H2,1-4H3/t20-,23+/m1/s1. The van der Waals surface area contributed by atoms with Gasteiger partial charge in [-0.1, -0.05) is 35.9 Å². The molecular formula is C23H28FN3. The van der Waals surface area contributed by atoms with E-state index < -0.39 is 0 Å². The van der Waals surface area contributed by atoms with Gasteiger partial charge < -0.3 is 9.47 Å². The minimum absolute atomic E-state index is 0.101. The van der Waals surface area contributed by atoms with Crippen LogP contribution in [0.25, 0.3) is 10.9 Å². The second kappa shape index (κ2) is 7.10. The van der Waals surface area contributed by atoms with E-state index in [0.29, 0.717) is 18.5 Å². The first-order chi connectivity index (χ1) is 12.9. The van der Waals surface area contributed by atoms with Crippen LogP contribution in [0.15, 0.2) is 48.7 Å². The summed E-state index contributed by atoms with van der Waals surface area (Å²) >= 11 is 0. The Balaban J connectivity index is 1.65. The predicted octanol–water partition coefficient (Wildman–Crippen LogP) is 4.16. The zero-order valence-electron chi connectivity index (χ0n) is 16.6. The lowest BCUT2D eigenvalue weighted by atomic mass is 9.93. The lowest BCUT2D eigenvalue weighted by Gasteiger charge is -2.25. The van der Waals surface area contributed by atoms with Crippen molar-refractivity contribution in [2.24, 2.45) is 7.05 Å². The van der Waals surface area contributed by atoms with E-state index in [2.05, 4.69) is 66.0 Å². The molecule has 0 spiro atoms. The first-order valence-corrected chi connectivity index (χ1v) is 9.62. The molecule has 0 bridgehead atoms. The van der Waals surface area contributed by atoms with Crippen molar-refractivity contribution in [3.8, 4) is 0 Å². The second-order valence-corrected chi connectivity index (χ2v) is 8.14. The Kier molecular flexibility index (Phi) is 4.79. The summed E-state index contributed by atoms with van der Waals surface area (Å²) in [5.41, 5.74) is 4.58. The molecule has 4 rings (SSSR count). The number of nitrogens with zero attached hydrogens (tertiary/aromatic N) is 3. The molecule has 1 aromatic heterocycles. The summed E-state index contributed by atoms with van der Waals surface area (Å²) in [6.45, 7) is 4.59. The highest BCUT2D eigenvalue weighted by Crippen LogP contribution is 2.36. The van der Waals surface area contributed by atoms with E-state index in [9.17, 15) is 4.39 Å². The van der Waals surface area contributed by atoms with Crippen molar-refractivity contribution in [3.63, 3.8) is 0 Å². The molecule has 2 aromatic carbocycles. The van der Waals surface area contributed by atoms with Gasteiger partial charge >= 0.3 is 0 Å². The third kappa shape index (κ3) is 3.40. The van der Waals surface area contributed by atoms with Crippen molar-refractivity contribution in [2.45, 2.75) is 25.4 Å². The van der Waals surface area contributed by atoms with Crippen LogP contribution in [0.3, 0.4) is 0 Å². The number of aromatic nitrogens is 1. The minimum atomic E-state index is -0.101. The smallest absolute Gasteiger partial charge is 0.127 e. The Morgan fingerprint density at radius 3 is 2.67 bits per heavy atom. The van der Waals surface area contributed by atoms with Crippen LogP contribution in [0.1, 0.15) is 22.6 Å². The molecule has 27 heavy (non-hydrogen) atoms. The maximum Gasteiger partial charge on any atom is 0.127 e. The van der Waals surface area contributed by atoms with Crippen LogP contribution in [-0.2, 0) is 13.6 Å². The topological polar surface area (TPSA) is 11.4 Å². The number of hydrogen-bond acceptors (Lipinski definition) is 2. The predicted molar refractivity (Wildman–Crippen MR) is 110 cm³/mol. The summed E-state index contributed by atoms with van der Waals surface area (Å²) in [5, 5.41) is 1.33. The lowest BCUT2D eigenvalue weighted by Crippen LogP contribution is -2.34. The zero-order chi connectivity index (χ0) is 19.1. The van der Waals surface area contributed by atoms with E-state index >= 15 is 0 Å². The Morgan fingerprint density at radius 1 is 1.11 bits per heavy atom. The molecule has 0 saturated carbocycles. The number of halogens is 1. The SMILES string of the molecule is Cc1ccc(F)c(CN2C[C@H](c3cn(C)c4ccccc34)[C@@H](N(C)C)C2)c1. The molecule has 0 aliphatic carbocycles. The summed E-state index contributed by atoms with van der Waals surface area (Å²) in [6, 6.07) is 14.4. The maximum atomic E-state index is 14.3. The molecular weight excluding hydrogens is 337 g/mol. The van der Waals surface area contributed by atoms with Gasteiger partial charge in [-0.3, -0.25) is 4.90 Å². The molecule has 142 valence electrons. The highest BCUT2D eigenvalue weighted by molar-refractivity contribution is 5.84. The first kappa shape index (κ1) is 18.2. The monoisotopic (exact) mass is 365 g/mol. The third-order valence-corrected chi connectivity index (χ3v) is 5.95. The van der Waals surface area contributed by atoms with Gasteiger partial charge in [0.25, 0.3) is 0 Å². The second-order valence-electron chi connectivity index (χ2n) is 8.14. The average Bonchev–Trinajstić information content (AvgIpc) is 3.20. The number of aryl methyl sites for hydroxylation is 2. The Bertz CT molecular complexity index is 959. The molecule has 1 aliphatic heterocycles. The molecule has 1 saturated heterocycles. The van der Waals surface area contributed by atoms with Crippen LogP contribution >= 0.6 is 0 Å². The normalized spacial score (nSPS) is 20.8. The maximum absolute atomic E-state index is 14.3. The summed E-state index contributed by atoms with van der Waals surface area (Å²) in [7, 11) is 6.42. The van der Waals surface area contributed by atoms with Crippen molar-refractivity contribution < 1.29 is 4.39 Å². The highest BCUT2D eigenvalue weighted by Gasteiger charge is 2.36. The molecule has 0 unspecified atom stereocenters. The Labute approximate surface area is 161 Å². The molecule has 0 radical (unpaired) electrons. The summed E-state index contributed by atoms with van der Waals surface area (Å²) in [6.07, 6.45) is 2.28. The van der Waals surface area contributed by atoms with Gasteiger partial charge in [0.1, 0.15) is 5.82 Å². The molecule has 3 nitrogen and oxygen atoms in total. The van der Waals surface area contributed by atoms with Crippen molar-refractivity contribution in [2.75, 3.05) is 27.2 Å². The largest absolute Gasteiger partial charge is 0.350 e. The summed E-state index contributed by atoms with van der Waals surface area (Å²) in [5.74, 6) is 0.314. The van der Waals surface area contributed by atoms with E-state index in [0.717, 1.165) is 24.2 Å². The Hall–Kier alpha value is -2.17. The van der Waals surface area contributed by atoms with Gasteiger partial charge in [0.2, 0.25) is 0 Å². The lowest BCUT2D eigenvalue weighted by molar-refractivity contribution is 0.258. The minimum Gasteiger partial charge on any atom is -0.350 e. The van der Waals surface area contributed by atoms with Crippen molar-refractivity contribution in [1.29, 1.82) is 0 Å². The van der Waals surface area contributed by atoms with Gasteiger partial charge in [-0.05, 0) is 38.7 Å². The number of para-hydroxylation sites is 1. The van der Waals surface area contributed by atoms with Gasteiger partial charge in [0.15, 0.2) is 0 Å². The van der Waals surface area contributed by atoms with E-state index in [-0.39, 0.29) is 5.82 Å². The molecule has 0 amide bonds. The number of hydrogen-bond donors (Lipinski definition) is 0. The molecule has 4 heteroatoms. The third-order valence-electron chi connectivity index (χ3n) is 5.95. The number of fused-ring (bicyclic) bond motifs is 1. The summed E-state index contributed by atoms with van der Waals surface area (Å²) in [4.78, 5) is 4.72. The van der Waals surface area contributed by atoms with Gasteiger partial charge in [0.05, 0.1) is 0 Å². The number of likely N-dealkylation sites (tertiary alicyclic amines) is 1. The van der Waals surface area contributed by atoms with Crippen LogP contribution in [0.2, 0.25) is 0 Å². The van der Waals surface area contributed by atoms with Crippen LogP contribution < -0.4 is 0 Å². The Morgan fingerprint density at radius 2 is 1.89 bits per heavy atom. The van der Waals surface area contributed by atoms with Gasteiger partial charge in [-0.15, -0.1) is 0 Å². The van der Waals surface area contributed by atoms with Gasteiger partial charge in [0, 0.05) is 61.3 Å². The molecule has 1 aliphatic rings. The molecule has 3 aromatic rings. The fraction of sp³-hybridized carbons (Fsp3) is 0.391. The van der Waals surface area contributed by atoms with E-state index in [1.165, 1.54) is 16.5 Å². The van der Waals surface area contributed by atoms with Crippen molar-refractivity contribution in [1.82, 2.24) is 14.4 Å². The quantitative estimate of drug-likeness (QED) is 0.688. The fourth-order valence-electron chi connectivity index (χ4n) is 4.56. The average molecular weight is 365 g/mol. The summed E-state index contributed by atoms with van der Waals surface area (Å²) < 4.78 is 16.5. The van der Waals surface area contributed by atoms with Crippen molar-refractivity contribution >= 4 is 10.9 Å². The number of likely N-dealkylation sites (N-methyl/N-ethyl adjacent to an activating group) is 1. The molecule has 1 fully saturated rings. The highest BCUT2D eigenvalue weighted by atomic mass is 19.1. The van der Waals surface area contributed by atoms with Gasteiger partial charge in [-0.25, -0.2) is 4.39 Å². The number of benzene rings is 2. The van der Waals surface area contributed by atoms with E-state index in [1.54, 1.807) is 6.07 Å².